The maximum Gasteiger partial charge on any atom is 0.266 e. The van der Waals surface area contributed by atoms with Crippen LogP contribution in [0.3, 0.4) is 0 Å². The minimum absolute atomic E-state index is 0.0528. The molecular formula is C14H14I2N2O2S. The molecule has 1 fully saturated rings. The summed E-state index contributed by atoms with van der Waals surface area (Å²) in [6.07, 6.45) is 1.74. The third-order valence-electron chi connectivity index (χ3n) is 2.84. The van der Waals surface area contributed by atoms with Gasteiger partial charge in [-0.15, -0.1) is 0 Å². The quantitative estimate of drug-likeness (QED) is 0.479. The Kier molecular flexibility index (Phi) is 5.95. The smallest absolute Gasteiger partial charge is 0.266 e. The molecule has 21 heavy (non-hydrogen) atoms. The first-order chi connectivity index (χ1) is 9.97. The van der Waals surface area contributed by atoms with Crippen molar-refractivity contribution in [3.05, 3.63) is 29.7 Å². The summed E-state index contributed by atoms with van der Waals surface area (Å²) in [4.78, 5) is 19.0. The van der Waals surface area contributed by atoms with Gasteiger partial charge in [-0.2, -0.15) is 0 Å². The zero-order valence-electron chi connectivity index (χ0n) is 11.6. The third kappa shape index (κ3) is 3.73. The molecule has 0 spiro atoms. The molecule has 0 aromatic heterocycles. The van der Waals surface area contributed by atoms with Crippen LogP contribution in [-0.2, 0) is 4.79 Å². The second-order valence-electron chi connectivity index (χ2n) is 4.24. The van der Waals surface area contributed by atoms with Gasteiger partial charge in [-0.05, 0) is 89.0 Å². The highest BCUT2D eigenvalue weighted by Gasteiger charge is 2.32. The Morgan fingerprint density at radius 3 is 2.71 bits per heavy atom. The lowest BCUT2D eigenvalue weighted by Gasteiger charge is -2.11. The van der Waals surface area contributed by atoms with Crippen molar-refractivity contribution >= 4 is 74.1 Å². The van der Waals surface area contributed by atoms with Crippen molar-refractivity contribution in [2.24, 2.45) is 4.99 Å². The second-order valence-corrected chi connectivity index (χ2v) is 7.66. The number of amidine groups is 1. The first kappa shape index (κ1) is 17.1. The summed E-state index contributed by atoms with van der Waals surface area (Å²) >= 11 is 5.65. The van der Waals surface area contributed by atoms with Gasteiger partial charge >= 0.3 is 0 Å². The SMILES string of the molecule is CCN=C1S/C(=C\c2cc(I)cc(I)c2O)C(=O)N1CC. The number of aromatic hydroxyl groups is 1. The number of aliphatic imine (C=N–C) groups is 1. The van der Waals surface area contributed by atoms with E-state index in [1.54, 1.807) is 11.0 Å². The van der Waals surface area contributed by atoms with E-state index in [-0.39, 0.29) is 11.7 Å². The molecule has 1 aliphatic rings. The predicted octanol–water partition coefficient (Wildman–Crippen LogP) is 3.91. The average molecular weight is 528 g/mol. The van der Waals surface area contributed by atoms with Crippen molar-refractivity contribution in [3.63, 3.8) is 0 Å². The van der Waals surface area contributed by atoms with Crippen molar-refractivity contribution in [2.75, 3.05) is 13.1 Å². The highest BCUT2D eigenvalue weighted by atomic mass is 127. The number of benzene rings is 1. The van der Waals surface area contributed by atoms with Crippen LogP contribution in [0.1, 0.15) is 19.4 Å². The summed E-state index contributed by atoms with van der Waals surface area (Å²) in [6.45, 7) is 5.11. The lowest BCUT2D eigenvalue weighted by molar-refractivity contribution is -0.122. The van der Waals surface area contributed by atoms with E-state index < -0.39 is 0 Å². The van der Waals surface area contributed by atoms with Crippen molar-refractivity contribution in [3.8, 4) is 5.75 Å². The minimum Gasteiger partial charge on any atom is -0.506 e. The number of halogens is 2. The van der Waals surface area contributed by atoms with Crippen LogP contribution in [-0.4, -0.2) is 34.2 Å². The molecule has 1 aliphatic heterocycles. The molecule has 112 valence electrons. The largest absolute Gasteiger partial charge is 0.506 e. The molecule has 0 atom stereocenters. The number of carbonyl (C=O) groups excluding carboxylic acids is 1. The van der Waals surface area contributed by atoms with Gasteiger partial charge in [0.15, 0.2) is 5.17 Å². The highest BCUT2D eigenvalue weighted by Crippen LogP contribution is 2.35. The molecule has 1 aromatic carbocycles. The lowest BCUT2D eigenvalue weighted by atomic mass is 10.2. The summed E-state index contributed by atoms with van der Waals surface area (Å²) < 4.78 is 1.79. The van der Waals surface area contributed by atoms with Gasteiger partial charge in [-0.25, -0.2) is 0 Å². The van der Waals surface area contributed by atoms with Crippen LogP contribution in [0.4, 0.5) is 0 Å². The molecule has 2 rings (SSSR count). The summed E-state index contributed by atoms with van der Waals surface area (Å²) in [5.74, 6) is 0.156. The average Bonchev–Trinajstić information content (AvgIpc) is 2.72. The van der Waals surface area contributed by atoms with Crippen LogP contribution in [0.5, 0.6) is 5.75 Å². The van der Waals surface area contributed by atoms with Gasteiger partial charge in [-0.3, -0.25) is 14.7 Å². The fraction of sp³-hybridized carbons (Fsp3) is 0.286. The molecule has 1 amide bonds. The molecular weight excluding hydrogens is 514 g/mol. The Morgan fingerprint density at radius 2 is 2.10 bits per heavy atom. The zero-order valence-corrected chi connectivity index (χ0v) is 16.7. The number of phenols is 1. The number of likely N-dealkylation sites (N-methyl/N-ethyl adjacent to an activating group) is 1. The maximum absolute atomic E-state index is 12.4. The lowest BCUT2D eigenvalue weighted by Crippen LogP contribution is -2.28. The number of rotatable bonds is 3. The normalized spacial score (nSPS) is 19.0. The monoisotopic (exact) mass is 528 g/mol. The fourth-order valence-electron chi connectivity index (χ4n) is 1.88. The zero-order chi connectivity index (χ0) is 15.6. The topological polar surface area (TPSA) is 52.9 Å². The Hall–Kier alpha value is -0.290. The number of carbonyl (C=O) groups is 1. The molecule has 1 N–H and O–H groups in total. The Labute approximate surface area is 155 Å². The molecule has 1 heterocycles. The number of amides is 1. The van der Waals surface area contributed by atoms with E-state index in [1.807, 2.05) is 26.0 Å². The van der Waals surface area contributed by atoms with E-state index in [0.717, 1.165) is 12.3 Å². The van der Waals surface area contributed by atoms with E-state index >= 15 is 0 Å². The van der Waals surface area contributed by atoms with E-state index in [9.17, 15) is 9.90 Å². The van der Waals surface area contributed by atoms with Crippen LogP contribution in [0, 0.1) is 7.14 Å². The molecule has 4 nitrogen and oxygen atoms in total. The van der Waals surface area contributed by atoms with Gasteiger partial charge in [-0.1, -0.05) is 0 Å². The molecule has 7 heteroatoms. The molecule has 0 aliphatic carbocycles. The van der Waals surface area contributed by atoms with Gasteiger partial charge in [0.05, 0.1) is 8.48 Å². The minimum atomic E-state index is -0.0528. The van der Waals surface area contributed by atoms with Gasteiger partial charge in [0.2, 0.25) is 0 Å². The molecule has 0 bridgehead atoms. The second kappa shape index (κ2) is 7.32. The van der Waals surface area contributed by atoms with Gasteiger partial charge in [0, 0.05) is 22.2 Å². The third-order valence-corrected chi connectivity index (χ3v) is 5.33. The number of hydrogen-bond acceptors (Lipinski definition) is 4. The van der Waals surface area contributed by atoms with Crippen molar-refractivity contribution in [1.29, 1.82) is 0 Å². The first-order valence-electron chi connectivity index (χ1n) is 6.41. The van der Waals surface area contributed by atoms with Gasteiger partial charge < -0.3 is 5.11 Å². The van der Waals surface area contributed by atoms with Crippen molar-refractivity contribution in [1.82, 2.24) is 4.90 Å². The number of thioether (sulfide) groups is 1. The molecule has 0 saturated carbocycles. The van der Waals surface area contributed by atoms with E-state index in [0.29, 0.717) is 23.6 Å². The summed E-state index contributed by atoms with van der Waals surface area (Å²) in [6, 6.07) is 3.76. The highest BCUT2D eigenvalue weighted by molar-refractivity contribution is 14.1. The van der Waals surface area contributed by atoms with Crippen LogP contribution in [0.2, 0.25) is 0 Å². The van der Waals surface area contributed by atoms with Crippen LogP contribution >= 0.6 is 56.9 Å². The standard InChI is InChI=1S/C14H14I2N2O2S/c1-3-17-14-18(4-2)13(20)11(21-14)6-8-5-9(15)7-10(16)12(8)19/h5-7,19H,3-4H2,1-2H3/b11-6-,17-14?. The summed E-state index contributed by atoms with van der Waals surface area (Å²) in [7, 11) is 0. The Balaban J connectivity index is 2.43. The number of nitrogens with zero attached hydrogens (tertiary/aromatic N) is 2. The van der Waals surface area contributed by atoms with Crippen LogP contribution in [0.15, 0.2) is 22.0 Å². The molecule has 1 saturated heterocycles. The summed E-state index contributed by atoms with van der Waals surface area (Å²) in [5, 5.41) is 10.9. The van der Waals surface area contributed by atoms with Gasteiger partial charge in [0.25, 0.3) is 5.91 Å². The fourth-order valence-corrected chi connectivity index (χ4v) is 4.86. The van der Waals surface area contributed by atoms with E-state index in [4.69, 9.17) is 0 Å². The Morgan fingerprint density at radius 1 is 1.38 bits per heavy atom. The van der Waals surface area contributed by atoms with E-state index in [1.165, 1.54) is 11.8 Å². The van der Waals surface area contributed by atoms with Crippen LogP contribution in [0.25, 0.3) is 6.08 Å². The molecule has 1 aromatic rings. The van der Waals surface area contributed by atoms with Gasteiger partial charge in [0.1, 0.15) is 5.75 Å². The first-order valence-corrected chi connectivity index (χ1v) is 9.39. The molecule has 0 unspecified atom stereocenters. The number of hydrogen-bond donors (Lipinski definition) is 1. The predicted molar refractivity (Wildman–Crippen MR) is 104 cm³/mol. The Bertz CT molecular complexity index is 644. The maximum atomic E-state index is 12.4. The summed E-state index contributed by atoms with van der Waals surface area (Å²) in [5.41, 5.74) is 0.663. The van der Waals surface area contributed by atoms with Crippen molar-refractivity contribution in [2.45, 2.75) is 13.8 Å². The number of phenolic OH excluding ortho intramolecular Hbond substituents is 1. The van der Waals surface area contributed by atoms with Crippen molar-refractivity contribution < 1.29 is 9.90 Å². The van der Waals surface area contributed by atoms with E-state index in [2.05, 4.69) is 50.2 Å². The molecule has 0 radical (unpaired) electrons. The van der Waals surface area contributed by atoms with Crippen LogP contribution < -0.4 is 0 Å².